The maximum Gasteiger partial charge on any atom is -0.00297 e. The molecule has 3 rings (SSSR count). The number of allylic oxidation sites excluding steroid dienone is 2. The monoisotopic (exact) mass is 310 g/mol. The van der Waals surface area contributed by atoms with E-state index in [1.165, 1.54) is 49.7 Å². The Kier molecular flexibility index (Phi) is 8.18. The number of hydrogen-bond donors (Lipinski definition) is 0. The first-order chi connectivity index (χ1) is 11.1. The van der Waals surface area contributed by atoms with E-state index in [9.17, 15) is 0 Å². The van der Waals surface area contributed by atoms with E-state index in [1.54, 1.807) is 29.2 Å². The number of terminal acetylenes is 1. The molecule has 2 aliphatic rings. The maximum atomic E-state index is 4.60. The predicted molar refractivity (Wildman–Crippen MR) is 105 cm³/mol. The summed E-state index contributed by atoms with van der Waals surface area (Å²) in [4.78, 5) is 0. The van der Waals surface area contributed by atoms with E-state index in [-0.39, 0.29) is 0 Å². The van der Waals surface area contributed by atoms with Gasteiger partial charge in [0.2, 0.25) is 0 Å². The Morgan fingerprint density at radius 1 is 1.04 bits per heavy atom. The lowest BCUT2D eigenvalue weighted by molar-refractivity contribution is 0.419. The van der Waals surface area contributed by atoms with Gasteiger partial charge >= 0.3 is 0 Å². The highest BCUT2D eigenvalue weighted by atomic mass is 14.3. The summed E-state index contributed by atoms with van der Waals surface area (Å²) in [6.07, 6.45) is 12.9. The van der Waals surface area contributed by atoms with Crippen molar-refractivity contribution in [1.82, 2.24) is 0 Å². The van der Waals surface area contributed by atoms with Crippen LogP contribution in [0, 0.1) is 26.2 Å². The maximum absolute atomic E-state index is 4.60. The Bertz CT molecular complexity index is 571. The van der Waals surface area contributed by atoms with Gasteiger partial charge in [0.1, 0.15) is 0 Å². The molecule has 0 aromatic heterocycles. The first-order valence-electron chi connectivity index (χ1n) is 9.26. The second kappa shape index (κ2) is 9.61. The van der Waals surface area contributed by atoms with Crippen LogP contribution in [-0.4, -0.2) is 0 Å². The molecule has 2 saturated carbocycles. The van der Waals surface area contributed by atoms with E-state index in [4.69, 9.17) is 0 Å². The molecule has 0 amide bonds. The minimum absolute atomic E-state index is 0.843. The van der Waals surface area contributed by atoms with Crippen LogP contribution in [0.3, 0.4) is 0 Å². The molecule has 0 radical (unpaired) electrons. The van der Waals surface area contributed by atoms with Crippen molar-refractivity contribution >= 4 is 5.57 Å². The summed E-state index contributed by atoms with van der Waals surface area (Å²) in [7, 11) is 0. The van der Waals surface area contributed by atoms with Gasteiger partial charge in [0.15, 0.2) is 0 Å². The molecule has 0 heteroatoms. The van der Waals surface area contributed by atoms with Gasteiger partial charge in [-0.2, -0.15) is 0 Å². The standard InChI is InChI=1S/C18H24.C3H4.C2H6/c1-12-10-17(14(3)15-6-4-7-15)18(11-13(12)2)16-8-5-9-16;1-3-2;1-2/h10-11,16H,4-9H2,1-3H3;1H,2H3;1-2H3. The summed E-state index contributed by atoms with van der Waals surface area (Å²) >= 11 is 0. The number of aryl methyl sites for hydroxylation is 2. The van der Waals surface area contributed by atoms with Crippen molar-refractivity contribution in [2.45, 2.75) is 86.0 Å². The first kappa shape index (κ1) is 19.6. The van der Waals surface area contributed by atoms with Crippen LogP contribution >= 0.6 is 0 Å². The van der Waals surface area contributed by atoms with Crippen LogP contribution in [0.25, 0.3) is 5.57 Å². The molecular formula is C23H34. The smallest absolute Gasteiger partial charge is 0.00297 e. The van der Waals surface area contributed by atoms with Crippen LogP contribution < -0.4 is 0 Å². The van der Waals surface area contributed by atoms with Crippen LogP contribution in [0.2, 0.25) is 0 Å². The van der Waals surface area contributed by atoms with Gasteiger partial charge < -0.3 is 0 Å². The van der Waals surface area contributed by atoms with E-state index in [2.05, 4.69) is 45.2 Å². The first-order valence-corrected chi connectivity index (χ1v) is 9.26. The lowest BCUT2D eigenvalue weighted by Gasteiger charge is -2.30. The summed E-state index contributed by atoms with van der Waals surface area (Å²) in [5.74, 6) is 3.09. The molecule has 1 aromatic rings. The van der Waals surface area contributed by atoms with Crippen molar-refractivity contribution in [2.75, 3.05) is 0 Å². The van der Waals surface area contributed by atoms with Crippen LogP contribution in [0.15, 0.2) is 17.7 Å². The van der Waals surface area contributed by atoms with Crippen LogP contribution in [0.4, 0.5) is 0 Å². The van der Waals surface area contributed by atoms with Gasteiger partial charge in [-0.25, -0.2) is 0 Å². The quantitative estimate of drug-likeness (QED) is 0.507. The second-order valence-corrected chi connectivity index (χ2v) is 6.52. The molecule has 0 atom stereocenters. The summed E-state index contributed by atoms with van der Waals surface area (Å²) < 4.78 is 0. The summed E-state index contributed by atoms with van der Waals surface area (Å²) in [6.45, 7) is 12.5. The zero-order chi connectivity index (χ0) is 17.4. The van der Waals surface area contributed by atoms with Gasteiger partial charge in [-0.3, -0.25) is 0 Å². The van der Waals surface area contributed by atoms with Gasteiger partial charge in [-0.1, -0.05) is 38.0 Å². The number of rotatable bonds is 2. The molecule has 0 aliphatic heterocycles. The highest BCUT2D eigenvalue weighted by Gasteiger charge is 2.24. The highest BCUT2D eigenvalue weighted by molar-refractivity contribution is 5.72. The number of hydrogen-bond acceptors (Lipinski definition) is 0. The fourth-order valence-corrected chi connectivity index (χ4v) is 3.14. The molecule has 126 valence electrons. The molecule has 0 spiro atoms. The van der Waals surface area contributed by atoms with Crippen LogP contribution in [0.1, 0.15) is 94.4 Å². The van der Waals surface area contributed by atoms with Crippen molar-refractivity contribution in [3.63, 3.8) is 0 Å². The summed E-state index contributed by atoms with van der Waals surface area (Å²) in [5, 5.41) is 0. The molecular weight excluding hydrogens is 276 g/mol. The van der Waals surface area contributed by atoms with E-state index < -0.39 is 0 Å². The SMILES string of the molecule is C#CC.CC.CC(=C1CCC1)c1cc(C)c(C)cc1C1CCC1. The zero-order valence-electron chi connectivity index (χ0n) is 16.1. The van der Waals surface area contributed by atoms with Crippen molar-refractivity contribution in [2.24, 2.45) is 0 Å². The fourth-order valence-electron chi connectivity index (χ4n) is 3.14. The van der Waals surface area contributed by atoms with Gasteiger partial charge in [0, 0.05) is 0 Å². The van der Waals surface area contributed by atoms with Crippen LogP contribution in [0.5, 0.6) is 0 Å². The Labute approximate surface area is 144 Å². The lowest BCUT2D eigenvalue weighted by atomic mass is 9.74. The largest absolute Gasteiger partial charge is 0.120 e. The summed E-state index contributed by atoms with van der Waals surface area (Å²) in [6, 6.07) is 4.92. The topological polar surface area (TPSA) is 0 Å². The van der Waals surface area contributed by atoms with Gasteiger partial charge in [0.05, 0.1) is 0 Å². The normalized spacial score (nSPS) is 15.8. The van der Waals surface area contributed by atoms with Gasteiger partial charge in [-0.05, 0) is 93.5 Å². The fraction of sp³-hybridized carbons (Fsp3) is 0.565. The molecule has 23 heavy (non-hydrogen) atoms. The van der Waals surface area contributed by atoms with Crippen LogP contribution in [-0.2, 0) is 0 Å². The minimum atomic E-state index is 0.843. The average molecular weight is 311 g/mol. The second-order valence-electron chi connectivity index (χ2n) is 6.52. The molecule has 0 nitrogen and oxygen atoms in total. The molecule has 1 aromatic carbocycles. The van der Waals surface area contributed by atoms with E-state index in [0.717, 1.165) is 5.92 Å². The Balaban J connectivity index is 0.000000477. The number of benzene rings is 1. The molecule has 0 bridgehead atoms. The van der Waals surface area contributed by atoms with E-state index >= 15 is 0 Å². The van der Waals surface area contributed by atoms with Gasteiger partial charge in [0.25, 0.3) is 0 Å². The molecule has 0 unspecified atom stereocenters. The van der Waals surface area contributed by atoms with E-state index in [0.29, 0.717) is 0 Å². The Morgan fingerprint density at radius 3 is 1.96 bits per heavy atom. The molecule has 2 aliphatic carbocycles. The predicted octanol–water partition coefficient (Wildman–Crippen LogP) is 7.19. The molecule has 0 saturated heterocycles. The van der Waals surface area contributed by atoms with Crippen molar-refractivity contribution < 1.29 is 0 Å². The lowest BCUT2D eigenvalue weighted by Crippen LogP contribution is -2.12. The zero-order valence-corrected chi connectivity index (χ0v) is 16.1. The third kappa shape index (κ3) is 4.74. The third-order valence-corrected chi connectivity index (χ3v) is 5.10. The Hall–Kier alpha value is -1.48. The third-order valence-electron chi connectivity index (χ3n) is 5.10. The molecule has 0 N–H and O–H groups in total. The van der Waals surface area contributed by atoms with E-state index in [1.807, 2.05) is 13.8 Å². The Morgan fingerprint density at radius 2 is 1.57 bits per heavy atom. The van der Waals surface area contributed by atoms with Gasteiger partial charge in [-0.15, -0.1) is 12.3 Å². The summed E-state index contributed by atoms with van der Waals surface area (Å²) in [5.41, 5.74) is 9.42. The highest BCUT2D eigenvalue weighted by Crippen LogP contribution is 2.43. The minimum Gasteiger partial charge on any atom is -0.120 e. The molecule has 0 heterocycles. The van der Waals surface area contributed by atoms with Crippen molar-refractivity contribution in [3.05, 3.63) is 40.0 Å². The van der Waals surface area contributed by atoms with Crippen molar-refractivity contribution in [3.8, 4) is 12.3 Å². The van der Waals surface area contributed by atoms with Crippen molar-refractivity contribution in [1.29, 1.82) is 0 Å². The molecule has 2 fully saturated rings. The average Bonchev–Trinajstić information content (AvgIpc) is 2.42.